The zero-order valence-corrected chi connectivity index (χ0v) is 18.2. The highest BCUT2D eigenvalue weighted by Crippen LogP contribution is 2.35. The Hall–Kier alpha value is -3.11. The lowest BCUT2D eigenvalue weighted by molar-refractivity contribution is -0.137. The maximum absolute atomic E-state index is 13.2. The number of methoxy groups -OCH3 is 1. The van der Waals surface area contributed by atoms with Crippen LogP contribution in [0.4, 0.5) is 18.9 Å². The van der Waals surface area contributed by atoms with E-state index in [1.807, 2.05) is 12.3 Å². The molecule has 0 unspecified atom stereocenters. The van der Waals surface area contributed by atoms with Crippen molar-refractivity contribution in [2.75, 3.05) is 25.6 Å². The molecule has 0 saturated carbocycles. The van der Waals surface area contributed by atoms with E-state index in [4.69, 9.17) is 14.2 Å². The van der Waals surface area contributed by atoms with Gasteiger partial charge in [0.2, 0.25) is 0 Å². The van der Waals surface area contributed by atoms with Crippen LogP contribution in [0.15, 0.2) is 47.8 Å². The lowest BCUT2D eigenvalue weighted by Gasteiger charge is -2.15. The number of anilines is 1. The van der Waals surface area contributed by atoms with E-state index in [1.54, 1.807) is 12.1 Å². The molecule has 0 aliphatic rings. The summed E-state index contributed by atoms with van der Waals surface area (Å²) in [7, 11) is 1.48. The monoisotopic (exact) mass is 466 g/mol. The van der Waals surface area contributed by atoms with Gasteiger partial charge in [0.25, 0.3) is 5.91 Å². The molecule has 0 saturated heterocycles. The minimum Gasteiger partial charge on any atom is -0.489 e. The van der Waals surface area contributed by atoms with Gasteiger partial charge in [-0.2, -0.15) is 13.2 Å². The van der Waals surface area contributed by atoms with Gasteiger partial charge >= 0.3 is 6.18 Å². The van der Waals surface area contributed by atoms with Crippen LogP contribution in [0, 0.1) is 6.92 Å². The number of hydrogen-bond acceptors (Lipinski definition) is 6. The predicted octanol–water partition coefficient (Wildman–Crippen LogP) is 5.33. The van der Waals surface area contributed by atoms with Crippen LogP contribution in [0.5, 0.6) is 11.5 Å². The number of nitrogens with one attached hydrogen (secondary N) is 1. The fourth-order valence-corrected chi connectivity index (χ4v) is 3.32. The second kappa shape index (κ2) is 10.5. The number of carbonyl (C=O) groups excluding carboxylic acids is 1. The van der Waals surface area contributed by atoms with Crippen LogP contribution in [-0.4, -0.2) is 31.2 Å². The highest BCUT2D eigenvalue weighted by molar-refractivity contribution is 7.09. The Morgan fingerprint density at radius 3 is 2.62 bits per heavy atom. The fourth-order valence-electron chi connectivity index (χ4n) is 2.72. The van der Waals surface area contributed by atoms with E-state index in [0.29, 0.717) is 5.75 Å². The molecule has 170 valence electrons. The van der Waals surface area contributed by atoms with Crippen molar-refractivity contribution in [1.29, 1.82) is 0 Å². The van der Waals surface area contributed by atoms with Crippen molar-refractivity contribution in [1.82, 2.24) is 4.98 Å². The van der Waals surface area contributed by atoms with Gasteiger partial charge in [0.15, 0.2) is 0 Å². The van der Waals surface area contributed by atoms with E-state index < -0.39 is 17.6 Å². The summed E-state index contributed by atoms with van der Waals surface area (Å²) < 4.78 is 55.5. The van der Waals surface area contributed by atoms with Crippen LogP contribution in [0.3, 0.4) is 0 Å². The van der Waals surface area contributed by atoms with E-state index in [2.05, 4.69) is 10.3 Å². The molecule has 0 radical (unpaired) electrons. The first-order valence-corrected chi connectivity index (χ1v) is 10.4. The molecule has 3 rings (SSSR count). The van der Waals surface area contributed by atoms with E-state index in [-0.39, 0.29) is 36.8 Å². The average Bonchev–Trinajstić information content (AvgIpc) is 3.18. The number of aryl methyl sites for hydroxylation is 1. The fraction of sp³-hybridized carbons (Fsp3) is 0.273. The second-order valence-electron chi connectivity index (χ2n) is 6.68. The molecule has 1 heterocycles. The summed E-state index contributed by atoms with van der Waals surface area (Å²) in [6.07, 6.45) is -4.56. The number of alkyl halides is 3. The molecule has 32 heavy (non-hydrogen) atoms. The van der Waals surface area contributed by atoms with Crippen LogP contribution in [0.1, 0.15) is 26.6 Å². The highest BCUT2D eigenvalue weighted by Gasteiger charge is 2.31. The maximum atomic E-state index is 13.2. The molecule has 0 fully saturated rings. The van der Waals surface area contributed by atoms with Crippen molar-refractivity contribution in [3.63, 3.8) is 0 Å². The molecule has 0 bridgehead atoms. The number of nitrogens with zero attached hydrogens (tertiary/aromatic N) is 1. The number of carbonyl (C=O) groups is 1. The molecule has 1 amide bonds. The smallest absolute Gasteiger partial charge is 0.416 e. The molecular formula is C22H21F3N2O4S. The zero-order chi connectivity index (χ0) is 23.1. The number of hydrogen-bond donors (Lipinski definition) is 1. The van der Waals surface area contributed by atoms with E-state index in [9.17, 15) is 18.0 Å². The lowest BCUT2D eigenvalue weighted by atomic mass is 10.1. The largest absolute Gasteiger partial charge is 0.489 e. The summed E-state index contributed by atoms with van der Waals surface area (Å²) >= 11 is 1.50. The topological polar surface area (TPSA) is 69.7 Å². The molecule has 1 aromatic heterocycles. The quantitative estimate of drug-likeness (QED) is 0.432. The maximum Gasteiger partial charge on any atom is 0.416 e. The van der Waals surface area contributed by atoms with E-state index in [1.165, 1.54) is 36.6 Å². The minimum absolute atomic E-state index is 0.0924. The van der Waals surface area contributed by atoms with Gasteiger partial charge in [-0.25, -0.2) is 4.98 Å². The molecule has 0 aliphatic heterocycles. The first kappa shape index (κ1) is 23.6. The number of halogens is 3. The van der Waals surface area contributed by atoms with Crippen molar-refractivity contribution in [2.24, 2.45) is 0 Å². The Kier molecular flexibility index (Phi) is 7.70. The number of ether oxygens (including phenoxy) is 3. The Morgan fingerprint density at radius 2 is 1.94 bits per heavy atom. The third kappa shape index (κ3) is 6.44. The molecule has 0 spiro atoms. The third-order valence-electron chi connectivity index (χ3n) is 4.25. The molecule has 10 heteroatoms. The summed E-state index contributed by atoms with van der Waals surface area (Å²) in [5, 5.41) is 5.30. The number of aromatic nitrogens is 1. The lowest BCUT2D eigenvalue weighted by Crippen LogP contribution is -2.15. The van der Waals surface area contributed by atoms with Crippen molar-refractivity contribution in [2.45, 2.75) is 19.7 Å². The van der Waals surface area contributed by atoms with Gasteiger partial charge in [0, 0.05) is 18.1 Å². The van der Waals surface area contributed by atoms with Crippen molar-refractivity contribution >= 4 is 22.9 Å². The van der Waals surface area contributed by atoms with Gasteiger partial charge in [0.05, 0.1) is 28.6 Å². The molecule has 1 N–H and O–H groups in total. The van der Waals surface area contributed by atoms with Gasteiger partial charge in [0.1, 0.15) is 24.7 Å². The molecular weight excluding hydrogens is 445 g/mol. The number of rotatable bonds is 9. The van der Waals surface area contributed by atoms with E-state index >= 15 is 0 Å². The van der Waals surface area contributed by atoms with Gasteiger partial charge in [-0.15, -0.1) is 11.3 Å². The summed E-state index contributed by atoms with van der Waals surface area (Å²) in [5.41, 5.74) is -0.00545. The summed E-state index contributed by atoms with van der Waals surface area (Å²) in [6.45, 7) is 2.48. The van der Waals surface area contributed by atoms with Gasteiger partial charge in [-0.05, 0) is 43.3 Å². The number of benzene rings is 2. The molecule has 0 aliphatic carbocycles. The van der Waals surface area contributed by atoms with Gasteiger partial charge < -0.3 is 19.5 Å². The second-order valence-corrected chi connectivity index (χ2v) is 7.74. The highest BCUT2D eigenvalue weighted by atomic mass is 32.1. The van der Waals surface area contributed by atoms with E-state index in [0.717, 1.165) is 22.8 Å². The summed E-state index contributed by atoms with van der Waals surface area (Å²) in [6, 6.07) is 9.25. The van der Waals surface area contributed by atoms with Crippen molar-refractivity contribution < 1.29 is 32.2 Å². The van der Waals surface area contributed by atoms with Crippen LogP contribution in [0.2, 0.25) is 0 Å². The Morgan fingerprint density at radius 1 is 1.12 bits per heavy atom. The summed E-state index contributed by atoms with van der Waals surface area (Å²) in [4.78, 5) is 17.1. The first-order valence-electron chi connectivity index (χ1n) is 9.54. The van der Waals surface area contributed by atoms with Gasteiger partial charge in [-0.1, -0.05) is 6.07 Å². The van der Waals surface area contributed by atoms with Crippen molar-refractivity contribution in [3.8, 4) is 11.5 Å². The summed E-state index contributed by atoms with van der Waals surface area (Å²) in [5.74, 6) is -0.0607. The van der Waals surface area contributed by atoms with Crippen LogP contribution in [-0.2, 0) is 17.5 Å². The molecule has 3 aromatic rings. The van der Waals surface area contributed by atoms with Crippen LogP contribution in [0.25, 0.3) is 0 Å². The zero-order valence-electron chi connectivity index (χ0n) is 17.4. The molecule has 2 aromatic carbocycles. The number of amides is 1. The number of thiazole rings is 1. The normalized spacial score (nSPS) is 11.3. The van der Waals surface area contributed by atoms with Crippen molar-refractivity contribution in [3.05, 3.63) is 69.7 Å². The SMILES string of the molecule is COCCOc1ccc(C(F)(F)F)cc1NC(=O)c1cccc(OCc2csc(C)n2)c1. The minimum atomic E-state index is -4.56. The third-order valence-corrected chi connectivity index (χ3v) is 5.07. The first-order chi connectivity index (χ1) is 15.3. The Balaban J connectivity index is 1.76. The van der Waals surface area contributed by atoms with Gasteiger partial charge in [-0.3, -0.25) is 4.79 Å². The molecule has 0 atom stereocenters. The van der Waals surface area contributed by atoms with Crippen LogP contribution >= 0.6 is 11.3 Å². The Bertz CT molecular complexity index is 1070. The Labute approximate surface area is 187 Å². The predicted molar refractivity (Wildman–Crippen MR) is 114 cm³/mol. The standard InChI is InChI=1S/C22H21F3N2O4S/c1-14-26-17(13-32-14)12-31-18-5-3-4-15(10-18)21(28)27-19-11-16(22(23,24)25)6-7-20(19)30-9-8-29-2/h3-7,10-11,13H,8-9,12H2,1-2H3,(H,27,28). The average molecular weight is 466 g/mol. The molecule has 6 nitrogen and oxygen atoms in total. The van der Waals surface area contributed by atoms with Crippen LogP contribution < -0.4 is 14.8 Å².